The Morgan fingerprint density at radius 1 is 1.20 bits per heavy atom. The molecule has 1 fully saturated rings. The molecule has 25 heavy (non-hydrogen) atoms. The first-order valence-electron chi connectivity index (χ1n) is 7.70. The molecule has 1 aliphatic rings. The number of hydrogen-bond acceptors (Lipinski definition) is 6. The van der Waals surface area contributed by atoms with E-state index >= 15 is 0 Å². The Bertz CT molecular complexity index is 703. The van der Waals surface area contributed by atoms with Crippen molar-refractivity contribution in [3.8, 4) is 17.6 Å². The number of anilines is 1. The van der Waals surface area contributed by atoms with E-state index in [1.54, 1.807) is 23.1 Å². The van der Waals surface area contributed by atoms with Gasteiger partial charge in [-0.3, -0.25) is 9.59 Å². The second kappa shape index (κ2) is 8.59. The fourth-order valence-electron chi connectivity index (χ4n) is 2.39. The van der Waals surface area contributed by atoms with E-state index in [-0.39, 0.29) is 5.57 Å². The van der Waals surface area contributed by atoms with Crippen LogP contribution in [0.1, 0.15) is 0 Å². The van der Waals surface area contributed by atoms with Gasteiger partial charge < -0.3 is 24.6 Å². The average molecular weight is 344 g/mol. The monoisotopic (exact) mass is 344 g/mol. The number of carbonyl (C=O) groups is 2. The lowest BCUT2D eigenvalue weighted by atomic mass is 10.2. The third kappa shape index (κ3) is 4.64. The van der Waals surface area contributed by atoms with Gasteiger partial charge in [0.15, 0.2) is 0 Å². The molecule has 1 aromatic carbocycles. The van der Waals surface area contributed by atoms with Crippen molar-refractivity contribution in [3.05, 3.63) is 30.0 Å². The highest BCUT2D eigenvalue weighted by Gasteiger charge is 2.17. The van der Waals surface area contributed by atoms with Gasteiger partial charge in [-0.05, 0) is 12.1 Å². The number of nitrogens with zero attached hydrogens (tertiary/aromatic N) is 3. The minimum Gasteiger partial charge on any atom is -0.497 e. The zero-order valence-electron chi connectivity index (χ0n) is 14.2. The van der Waals surface area contributed by atoms with Gasteiger partial charge in [0.25, 0.3) is 5.91 Å². The molecule has 1 aromatic rings. The highest BCUT2D eigenvalue weighted by Crippen LogP contribution is 2.29. The zero-order valence-corrected chi connectivity index (χ0v) is 14.2. The van der Waals surface area contributed by atoms with Gasteiger partial charge in [0.05, 0.1) is 19.9 Å². The Labute approximate surface area is 146 Å². The van der Waals surface area contributed by atoms with E-state index in [0.717, 1.165) is 6.41 Å². The van der Waals surface area contributed by atoms with Gasteiger partial charge in [-0.25, -0.2) is 0 Å². The third-order valence-electron chi connectivity index (χ3n) is 3.83. The van der Waals surface area contributed by atoms with Crippen molar-refractivity contribution in [2.45, 2.75) is 0 Å². The molecule has 0 spiro atoms. The molecule has 1 N–H and O–H groups in total. The summed E-state index contributed by atoms with van der Waals surface area (Å²) in [6.45, 7) is 2.26. The molecular formula is C17H20N4O4. The highest BCUT2D eigenvalue weighted by molar-refractivity contribution is 6.07. The van der Waals surface area contributed by atoms with E-state index < -0.39 is 5.91 Å². The van der Waals surface area contributed by atoms with E-state index in [9.17, 15) is 14.9 Å². The largest absolute Gasteiger partial charge is 0.497 e. The van der Waals surface area contributed by atoms with E-state index in [0.29, 0.717) is 43.4 Å². The van der Waals surface area contributed by atoms with Crippen LogP contribution in [0.5, 0.6) is 11.5 Å². The van der Waals surface area contributed by atoms with Crippen molar-refractivity contribution in [2.75, 3.05) is 45.7 Å². The van der Waals surface area contributed by atoms with E-state index in [1.807, 2.05) is 11.0 Å². The van der Waals surface area contributed by atoms with E-state index in [1.165, 1.54) is 20.4 Å². The number of nitrogens with one attached hydrogen (secondary N) is 1. The maximum atomic E-state index is 12.4. The molecule has 2 rings (SSSR count). The lowest BCUT2D eigenvalue weighted by Gasteiger charge is -2.31. The van der Waals surface area contributed by atoms with Gasteiger partial charge in [-0.15, -0.1) is 0 Å². The Balaban J connectivity index is 2.11. The minimum atomic E-state index is -0.535. The maximum absolute atomic E-state index is 12.4. The predicted octanol–water partition coefficient (Wildman–Crippen LogP) is 0.824. The SMILES string of the molecule is COc1ccc(OC)c(NC(=O)/C(C#N)=C\N2CCN(C=O)CC2)c1. The number of amides is 2. The van der Waals surface area contributed by atoms with Gasteiger partial charge in [-0.2, -0.15) is 5.26 Å². The van der Waals surface area contributed by atoms with Crippen LogP contribution in [0.25, 0.3) is 0 Å². The van der Waals surface area contributed by atoms with Crippen LogP contribution in [0.4, 0.5) is 5.69 Å². The Hall–Kier alpha value is -3.21. The highest BCUT2D eigenvalue weighted by atomic mass is 16.5. The van der Waals surface area contributed by atoms with Crippen molar-refractivity contribution < 1.29 is 19.1 Å². The van der Waals surface area contributed by atoms with E-state index in [4.69, 9.17) is 9.47 Å². The number of hydrogen-bond donors (Lipinski definition) is 1. The lowest BCUT2D eigenvalue weighted by Crippen LogP contribution is -2.43. The molecule has 1 saturated heterocycles. The number of piperazine rings is 1. The molecule has 8 nitrogen and oxygen atoms in total. The predicted molar refractivity (Wildman–Crippen MR) is 91.1 cm³/mol. The van der Waals surface area contributed by atoms with Crippen molar-refractivity contribution in [2.24, 2.45) is 0 Å². The fraction of sp³-hybridized carbons (Fsp3) is 0.353. The van der Waals surface area contributed by atoms with Crippen LogP contribution in [-0.4, -0.2) is 62.5 Å². The van der Waals surface area contributed by atoms with Crippen LogP contribution in [0.15, 0.2) is 30.0 Å². The second-order valence-corrected chi connectivity index (χ2v) is 5.35. The van der Waals surface area contributed by atoms with Gasteiger partial charge in [0, 0.05) is 38.4 Å². The van der Waals surface area contributed by atoms with Gasteiger partial charge in [0.1, 0.15) is 23.1 Å². The minimum absolute atomic E-state index is 0.0237. The second-order valence-electron chi connectivity index (χ2n) is 5.35. The first kappa shape index (κ1) is 18.1. The summed E-state index contributed by atoms with van der Waals surface area (Å²) in [6, 6.07) is 6.91. The Morgan fingerprint density at radius 2 is 1.88 bits per heavy atom. The van der Waals surface area contributed by atoms with Crippen LogP contribution in [0.3, 0.4) is 0 Å². The summed E-state index contributed by atoms with van der Waals surface area (Å²) in [5.41, 5.74) is 0.392. The van der Waals surface area contributed by atoms with Crippen LogP contribution < -0.4 is 14.8 Å². The molecule has 0 bridgehead atoms. The van der Waals surface area contributed by atoms with Gasteiger partial charge >= 0.3 is 0 Å². The van der Waals surface area contributed by atoms with Gasteiger partial charge in [-0.1, -0.05) is 0 Å². The van der Waals surface area contributed by atoms with Crippen LogP contribution in [0.2, 0.25) is 0 Å². The summed E-state index contributed by atoms with van der Waals surface area (Å²) in [6.07, 6.45) is 2.32. The van der Waals surface area contributed by atoms with E-state index in [2.05, 4.69) is 5.32 Å². The first-order chi connectivity index (χ1) is 12.1. The summed E-state index contributed by atoms with van der Waals surface area (Å²) < 4.78 is 10.3. The first-order valence-corrected chi connectivity index (χ1v) is 7.70. The molecule has 0 unspecified atom stereocenters. The quantitative estimate of drug-likeness (QED) is 0.466. The molecule has 0 aromatic heterocycles. The van der Waals surface area contributed by atoms with Crippen LogP contribution >= 0.6 is 0 Å². The number of benzene rings is 1. The van der Waals surface area contributed by atoms with Crippen LogP contribution in [-0.2, 0) is 9.59 Å². The molecule has 0 radical (unpaired) electrons. The van der Waals surface area contributed by atoms with Crippen molar-refractivity contribution in [3.63, 3.8) is 0 Å². The van der Waals surface area contributed by atoms with Crippen molar-refractivity contribution >= 4 is 18.0 Å². The maximum Gasteiger partial charge on any atom is 0.267 e. The standard InChI is InChI=1S/C17H20N4O4/c1-24-14-3-4-16(25-2)15(9-14)19-17(23)13(10-18)11-20-5-7-21(12-22)8-6-20/h3-4,9,11-12H,5-8H2,1-2H3,(H,19,23)/b13-11-. The van der Waals surface area contributed by atoms with Crippen LogP contribution in [0, 0.1) is 11.3 Å². The molecule has 1 aliphatic heterocycles. The summed E-state index contributed by atoms with van der Waals surface area (Å²) in [7, 11) is 3.01. The number of ether oxygens (including phenoxy) is 2. The Morgan fingerprint density at radius 3 is 2.44 bits per heavy atom. The molecule has 0 atom stereocenters. The summed E-state index contributed by atoms with van der Waals surface area (Å²) >= 11 is 0. The number of rotatable bonds is 6. The smallest absolute Gasteiger partial charge is 0.267 e. The number of carbonyl (C=O) groups excluding carboxylic acids is 2. The van der Waals surface area contributed by atoms with Crippen molar-refractivity contribution in [1.82, 2.24) is 9.80 Å². The molecule has 2 amide bonds. The summed E-state index contributed by atoms with van der Waals surface area (Å²) in [4.78, 5) is 26.6. The average Bonchev–Trinajstić information content (AvgIpc) is 2.66. The zero-order chi connectivity index (χ0) is 18.2. The molecule has 8 heteroatoms. The topological polar surface area (TPSA) is 94.9 Å². The molecule has 1 heterocycles. The summed E-state index contributed by atoms with van der Waals surface area (Å²) in [5.74, 6) is 0.487. The number of methoxy groups -OCH3 is 2. The van der Waals surface area contributed by atoms with Gasteiger partial charge in [0.2, 0.25) is 6.41 Å². The molecule has 0 saturated carbocycles. The number of nitriles is 1. The third-order valence-corrected chi connectivity index (χ3v) is 3.83. The molecule has 132 valence electrons. The summed E-state index contributed by atoms with van der Waals surface area (Å²) in [5, 5.41) is 12.0. The Kier molecular flexibility index (Phi) is 6.23. The fourth-order valence-corrected chi connectivity index (χ4v) is 2.39. The normalized spacial score (nSPS) is 14.5. The van der Waals surface area contributed by atoms with Crippen molar-refractivity contribution in [1.29, 1.82) is 5.26 Å². The molecule has 0 aliphatic carbocycles. The molecular weight excluding hydrogens is 324 g/mol. The lowest BCUT2D eigenvalue weighted by molar-refractivity contribution is -0.119.